The molecule has 0 spiro atoms. The highest BCUT2D eigenvalue weighted by Crippen LogP contribution is 2.28. The molecule has 0 unspecified atom stereocenters. The minimum atomic E-state index is 0.0735. The lowest BCUT2D eigenvalue weighted by atomic mass is 10.2. The Labute approximate surface area is 108 Å². The second-order valence-corrected chi connectivity index (χ2v) is 5.37. The van der Waals surface area contributed by atoms with E-state index in [1.165, 1.54) is 0 Å². The van der Waals surface area contributed by atoms with Crippen LogP contribution in [-0.2, 0) is 0 Å². The van der Waals surface area contributed by atoms with Crippen LogP contribution in [0.3, 0.4) is 0 Å². The van der Waals surface area contributed by atoms with E-state index in [9.17, 15) is 4.79 Å². The summed E-state index contributed by atoms with van der Waals surface area (Å²) in [7, 11) is 1.86. The predicted molar refractivity (Wildman–Crippen MR) is 69.3 cm³/mol. The summed E-state index contributed by atoms with van der Waals surface area (Å²) in [6.45, 7) is 0. The highest BCUT2D eigenvalue weighted by Gasteiger charge is 2.30. The third kappa shape index (κ3) is 2.45. The van der Waals surface area contributed by atoms with Gasteiger partial charge in [0.05, 0.1) is 5.56 Å². The van der Waals surface area contributed by atoms with Crippen molar-refractivity contribution in [2.24, 2.45) is 0 Å². The van der Waals surface area contributed by atoms with Crippen molar-refractivity contribution in [1.29, 1.82) is 0 Å². The molecule has 0 N–H and O–H groups in total. The van der Waals surface area contributed by atoms with Gasteiger partial charge in [0, 0.05) is 21.7 Å². The van der Waals surface area contributed by atoms with Crippen molar-refractivity contribution in [3.05, 3.63) is 32.4 Å². The maximum atomic E-state index is 12.1. The lowest BCUT2D eigenvalue weighted by molar-refractivity contribution is 0.0784. The van der Waals surface area contributed by atoms with E-state index in [4.69, 9.17) is 11.6 Å². The fourth-order valence-corrected chi connectivity index (χ4v) is 2.22. The molecule has 4 heteroatoms. The van der Waals surface area contributed by atoms with Crippen molar-refractivity contribution in [1.82, 2.24) is 4.90 Å². The molecule has 0 bridgehead atoms. The van der Waals surface area contributed by atoms with Crippen LogP contribution in [0.25, 0.3) is 0 Å². The van der Waals surface area contributed by atoms with Gasteiger partial charge in [-0.3, -0.25) is 4.79 Å². The number of nitrogens with zero attached hydrogens (tertiary/aromatic N) is 1. The molecule has 1 aromatic rings. The Morgan fingerprint density at radius 1 is 1.53 bits per heavy atom. The third-order valence-electron chi connectivity index (χ3n) is 2.57. The van der Waals surface area contributed by atoms with Gasteiger partial charge in [0.2, 0.25) is 0 Å². The van der Waals surface area contributed by atoms with E-state index in [1.807, 2.05) is 18.0 Å². The summed E-state index contributed by atoms with van der Waals surface area (Å²) in [4.78, 5) is 13.9. The Hall–Kier alpha value is -0.290. The van der Waals surface area contributed by atoms with Crippen LogP contribution in [0.1, 0.15) is 23.2 Å². The molecular formula is C11H11ClINO. The quantitative estimate of drug-likeness (QED) is 0.760. The summed E-state index contributed by atoms with van der Waals surface area (Å²) in [6, 6.07) is 5.85. The number of hydrogen-bond donors (Lipinski definition) is 0. The lowest BCUT2D eigenvalue weighted by Gasteiger charge is -2.17. The molecule has 0 aliphatic heterocycles. The number of carbonyl (C=O) groups is 1. The molecule has 0 atom stereocenters. The van der Waals surface area contributed by atoms with Gasteiger partial charge in [-0.1, -0.05) is 11.6 Å². The van der Waals surface area contributed by atoms with Crippen LogP contribution < -0.4 is 0 Å². The number of rotatable bonds is 2. The molecule has 80 valence electrons. The molecule has 1 aliphatic rings. The first-order chi connectivity index (χ1) is 7.09. The van der Waals surface area contributed by atoms with E-state index in [0.717, 1.165) is 16.4 Å². The molecule has 2 rings (SSSR count). The summed E-state index contributed by atoms with van der Waals surface area (Å²) in [5, 5.41) is 0.614. The van der Waals surface area contributed by atoms with Gasteiger partial charge < -0.3 is 4.90 Å². The van der Waals surface area contributed by atoms with Gasteiger partial charge in [-0.25, -0.2) is 0 Å². The van der Waals surface area contributed by atoms with Crippen LogP contribution in [0.2, 0.25) is 5.02 Å². The molecule has 1 saturated carbocycles. The van der Waals surface area contributed by atoms with Gasteiger partial charge in [-0.15, -0.1) is 0 Å². The van der Waals surface area contributed by atoms with Crippen LogP contribution in [0, 0.1) is 3.57 Å². The largest absolute Gasteiger partial charge is 0.339 e. The average molecular weight is 336 g/mol. The summed E-state index contributed by atoms with van der Waals surface area (Å²) in [6.07, 6.45) is 2.25. The Kier molecular flexibility index (Phi) is 3.21. The van der Waals surface area contributed by atoms with Crippen LogP contribution in [0.4, 0.5) is 0 Å². The first-order valence-corrected chi connectivity index (χ1v) is 6.27. The molecule has 0 aromatic heterocycles. The van der Waals surface area contributed by atoms with Crippen molar-refractivity contribution in [2.45, 2.75) is 18.9 Å². The van der Waals surface area contributed by atoms with E-state index in [-0.39, 0.29) is 5.91 Å². The lowest BCUT2D eigenvalue weighted by Crippen LogP contribution is -2.29. The Morgan fingerprint density at radius 2 is 2.20 bits per heavy atom. The SMILES string of the molecule is CN(C(=O)c1cc(Cl)ccc1I)C1CC1. The molecule has 15 heavy (non-hydrogen) atoms. The maximum absolute atomic E-state index is 12.1. The number of hydrogen-bond acceptors (Lipinski definition) is 1. The van der Waals surface area contributed by atoms with Crippen molar-refractivity contribution in [2.75, 3.05) is 7.05 Å². The molecule has 1 fully saturated rings. The number of benzene rings is 1. The van der Waals surface area contributed by atoms with E-state index >= 15 is 0 Å². The Balaban J connectivity index is 2.27. The van der Waals surface area contributed by atoms with Crippen LogP contribution >= 0.6 is 34.2 Å². The molecular weight excluding hydrogens is 324 g/mol. The van der Waals surface area contributed by atoms with Gasteiger partial charge >= 0.3 is 0 Å². The van der Waals surface area contributed by atoms with Crippen LogP contribution in [0.15, 0.2) is 18.2 Å². The van der Waals surface area contributed by atoms with Gasteiger partial charge in [0.25, 0.3) is 5.91 Å². The summed E-state index contributed by atoms with van der Waals surface area (Å²) in [5.41, 5.74) is 0.706. The molecule has 1 amide bonds. The van der Waals surface area contributed by atoms with Crippen molar-refractivity contribution >= 4 is 40.1 Å². The minimum Gasteiger partial charge on any atom is -0.339 e. The van der Waals surface area contributed by atoms with Gasteiger partial charge in [0.15, 0.2) is 0 Å². The van der Waals surface area contributed by atoms with Crippen LogP contribution in [-0.4, -0.2) is 23.9 Å². The highest BCUT2D eigenvalue weighted by molar-refractivity contribution is 14.1. The van der Waals surface area contributed by atoms with E-state index < -0.39 is 0 Å². The molecule has 2 nitrogen and oxygen atoms in total. The number of carbonyl (C=O) groups excluding carboxylic acids is 1. The molecule has 0 heterocycles. The van der Waals surface area contributed by atoms with Crippen molar-refractivity contribution in [3.63, 3.8) is 0 Å². The topological polar surface area (TPSA) is 20.3 Å². The van der Waals surface area contributed by atoms with Crippen molar-refractivity contribution in [3.8, 4) is 0 Å². The Bertz CT molecular complexity index is 404. The average Bonchev–Trinajstić information content (AvgIpc) is 3.03. The zero-order chi connectivity index (χ0) is 11.0. The minimum absolute atomic E-state index is 0.0735. The second-order valence-electron chi connectivity index (χ2n) is 3.77. The summed E-state index contributed by atoms with van der Waals surface area (Å²) >= 11 is 8.05. The number of halogens is 2. The standard InChI is InChI=1S/C11H11ClINO/c1-14(8-3-4-8)11(15)9-6-7(12)2-5-10(9)13/h2,5-6,8H,3-4H2,1H3. The number of amides is 1. The summed E-state index contributed by atoms with van der Waals surface area (Å²) in [5.74, 6) is 0.0735. The highest BCUT2D eigenvalue weighted by atomic mass is 127. The molecule has 1 aromatic carbocycles. The first-order valence-electron chi connectivity index (χ1n) is 4.82. The van der Waals surface area contributed by atoms with E-state index in [0.29, 0.717) is 16.6 Å². The summed E-state index contributed by atoms with van der Waals surface area (Å²) < 4.78 is 0.953. The third-order valence-corrected chi connectivity index (χ3v) is 3.75. The fraction of sp³-hybridized carbons (Fsp3) is 0.364. The van der Waals surface area contributed by atoms with Crippen LogP contribution in [0.5, 0.6) is 0 Å². The molecule has 0 radical (unpaired) electrons. The normalized spacial score (nSPS) is 15.1. The fourth-order valence-electron chi connectivity index (χ4n) is 1.48. The van der Waals surface area contributed by atoms with E-state index in [2.05, 4.69) is 22.6 Å². The zero-order valence-electron chi connectivity index (χ0n) is 8.34. The van der Waals surface area contributed by atoms with Gasteiger partial charge in [-0.2, -0.15) is 0 Å². The molecule has 1 aliphatic carbocycles. The monoisotopic (exact) mass is 335 g/mol. The van der Waals surface area contributed by atoms with Crippen molar-refractivity contribution < 1.29 is 4.79 Å². The smallest absolute Gasteiger partial charge is 0.254 e. The second kappa shape index (κ2) is 4.29. The molecule has 0 saturated heterocycles. The van der Waals surface area contributed by atoms with E-state index in [1.54, 1.807) is 12.1 Å². The zero-order valence-corrected chi connectivity index (χ0v) is 11.2. The van der Waals surface area contributed by atoms with Gasteiger partial charge in [-0.05, 0) is 53.6 Å². The Morgan fingerprint density at radius 3 is 2.80 bits per heavy atom. The maximum Gasteiger partial charge on any atom is 0.254 e. The predicted octanol–water partition coefficient (Wildman–Crippen LogP) is 3.18. The van der Waals surface area contributed by atoms with Gasteiger partial charge in [0.1, 0.15) is 0 Å². The first kappa shape index (κ1) is 11.2.